The van der Waals surface area contributed by atoms with Crippen LogP contribution < -0.4 is 15.4 Å². The number of amides is 4. The number of fused-ring (bicyclic) bond motifs is 1. The van der Waals surface area contributed by atoms with Gasteiger partial charge in [0.1, 0.15) is 17.8 Å². The monoisotopic (exact) mass is 403 g/mol. The third-order valence-electron chi connectivity index (χ3n) is 5.28. The number of hydrogen-bond acceptors (Lipinski definition) is 4. The molecule has 1 atom stereocenters. The van der Waals surface area contributed by atoms with E-state index in [0.29, 0.717) is 17.0 Å². The largest absolute Gasteiger partial charge is 0.497 e. The van der Waals surface area contributed by atoms with E-state index in [9.17, 15) is 14.4 Å². The van der Waals surface area contributed by atoms with Crippen molar-refractivity contribution in [1.82, 2.24) is 10.2 Å². The number of imide groups is 1. The van der Waals surface area contributed by atoms with Crippen molar-refractivity contribution >= 4 is 34.3 Å². The Bertz CT molecular complexity index is 1140. The second-order valence-corrected chi connectivity index (χ2v) is 7.29. The fourth-order valence-electron chi connectivity index (χ4n) is 3.57. The summed E-state index contributed by atoms with van der Waals surface area (Å²) in [6.07, 6.45) is 0. The Labute approximate surface area is 173 Å². The lowest BCUT2D eigenvalue weighted by atomic mass is 9.92. The zero-order valence-corrected chi connectivity index (χ0v) is 16.6. The lowest BCUT2D eigenvalue weighted by Gasteiger charge is -2.22. The highest BCUT2D eigenvalue weighted by Gasteiger charge is 2.49. The minimum absolute atomic E-state index is 0.372. The fraction of sp³-hybridized carbons (Fsp3) is 0.174. The Balaban J connectivity index is 1.48. The molecule has 7 nitrogen and oxygen atoms in total. The van der Waals surface area contributed by atoms with Crippen molar-refractivity contribution in [2.24, 2.45) is 0 Å². The number of carbonyl (C=O) groups excluding carboxylic acids is 3. The molecule has 2 N–H and O–H groups in total. The normalized spacial score (nSPS) is 18.4. The summed E-state index contributed by atoms with van der Waals surface area (Å²) in [4.78, 5) is 38.9. The molecule has 0 unspecified atom stereocenters. The maximum absolute atomic E-state index is 13.0. The van der Waals surface area contributed by atoms with Crippen molar-refractivity contribution in [3.8, 4) is 5.75 Å². The fourth-order valence-corrected chi connectivity index (χ4v) is 3.57. The molecule has 1 saturated heterocycles. The zero-order valence-electron chi connectivity index (χ0n) is 16.6. The number of nitrogens with zero attached hydrogens (tertiary/aromatic N) is 1. The van der Waals surface area contributed by atoms with Crippen molar-refractivity contribution in [2.75, 3.05) is 19.0 Å². The summed E-state index contributed by atoms with van der Waals surface area (Å²) in [5.74, 6) is -0.287. The van der Waals surface area contributed by atoms with Crippen LogP contribution >= 0.6 is 0 Å². The number of urea groups is 1. The first-order chi connectivity index (χ1) is 14.4. The summed E-state index contributed by atoms with van der Waals surface area (Å²) in [5, 5.41) is 7.49. The minimum Gasteiger partial charge on any atom is -0.497 e. The summed E-state index contributed by atoms with van der Waals surface area (Å²) < 4.78 is 5.13. The summed E-state index contributed by atoms with van der Waals surface area (Å²) in [7, 11) is 1.55. The standard InChI is InChI=1S/C23H21N3O4/c1-23(17-8-11-19(30-2)12-9-17)21(28)26(22(29)25-23)14-20(27)24-18-10-7-15-5-3-4-6-16(15)13-18/h3-13H,14H2,1-2H3,(H,24,27)(H,25,29)/t23-/m1/s1. The van der Waals surface area contributed by atoms with Gasteiger partial charge in [0, 0.05) is 5.69 Å². The highest BCUT2D eigenvalue weighted by molar-refractivity contribution is 6.10. The maximum atomic E-state index is 13.0. The third-order valence-corrected chi connectivity index (χ3v) is 5.28. The molecule has 7 heteroatoms. The van der Waals surface area contributed by atoms with E-state index in [1.54, 1.807) is 44.4 Å². The number of carbonyl (C=O) groups is 3. The summed E-state index contributed by atoms with van der Waals surface area (Å²) in [6.45, 7) is 1.25. The highest BCUT2D eigenvalue weighted by atomic mass is 16.5. The van der Waals surface area contributed by atoms with Crippen molar-refractivity contribution < 1.29 is 19.1 Å². The van der Waals surface area contributed by atoms with Gasteiger partial charge in [-0.25, -0.2) is 4.79 Å². The van der Waals surface area contributed by atoms with Crippen molar-refractivity contribution in [3.05, 3.63) is 72.3 Å². The van der Waals surface area contributed by atoms with E-state index in [1.165, 1.54) is 0 Å². The maximum Gasteiger partial charge on any atom is 0.325 e. The van der Waals surface area contributed by atoms with Gasteiger partial charge in [-0.3, -0.25) is 14.5 Å². The molecule has 0 aliphatic carbocycles. The summed E-state index contributed by atoms with van der Waals surface area (Å²) >= 11 is 0. The average Bonchev–Trinajstić information content (AvgIpc) is 2.97. The van der Waals surface area contributed by atoms with Crippen LogP contribution in [0.4, 0.5) is 10.5 Å². The molecule has 0 saturated carbocycles. The van der Waals surface area contributed by atoms with E-state index in [-0.39, 0.29) is 6.54 Å². The molecule has 30 heavy (non-hydrogen) atoms. The molecule has 1 fully saturated rings. The van der Waals surface area contributed by atoms with Crippen LogP contribution in [0.15, 0.2) is 66.7 Å². The molecule has 152 valence electrons. The van der Waals surface area contributed by atoms with Crippen molar-refractivity contribution in [3.63, 3.8) is 0 Å². The second-order valence-electron chi connectivity index (χ2n) is 7.29. The molecular weight excluding hydrogens is 382 g/mol. The van der Waals surface area contributed by atoms with Gasteiger partial charge >= 0.3 is 6.03 Å². The minimum atomic E-state index is -1.24. The van der Waals surface area contributed by atoms with Gasteiger partial charge in [-0.2, -0.15) is 0 Å². The second kappa shape index (κ2) is 7.51. The lowest BCUT2D eigenvalue weighted by molar-refractivity contribution is -0.133. The van der Waals surface area contributed by atoms with E-state index in [1.807, 2.05) is 36.4 Å². The first-order valence-corrected chi connectivity index (χ1v) is 9.48. The van der Waals surface area contributed by atoms with Gasteiger partial charge in [0.2, 0.25) is 5.91 Å². The molecule has 0 spiro atoms. The first kappa shape index (κ1) is 19.4. The Morgan fingerprint density at radius 1 is 1.03 bits per heavy atom. The van der Waals surface area contributed by atoms with Gasteiger partial charge in [-0.05, 0) is 47.5 Å². The number of methoxy groups -OCH3 is 1. The Kier molecular flexibility index (Phi) is 4.87. The van der Waals surface area contributed by atoms with E-state index in [2.05, 4.69) is 10.6 Å². The van der Waals surface area contributed by atoms with Crippen LogP contribution in [0.25, 0.3) is 10.8 Å². The van der Waals surface area contributed by atoms with Gasteiger partial charge in [0.25, 0.3) is 5.91 Å². The van der Waals surface area contributed by atoms with Crippen LogP contribution in [-0.4, -0.2) is 36.4 Å². The van der Waals surface area contributed by atoms with Crippen LogP contribution in [0.3, 0.4) is 0 Å². The molecular formula is C23H21N3O4. The van der Waals surface area contributed by atoms with Crippen LogP contribution in [-0.2, 0) is 15.1 Å². The van der Waals surface area contributed by atoms with Gasteiger partial charge in [0.15, 0.2) is 0 Å². The molecule has 1 aliphatic rings. The van der Waals surface area contributed by atoms with Crippen LogP contribution in [0.1, 0.15) is 12.5 Å². The smallest absolute Gasteiger partial charge is 0.325 e. The summed E-state index contributed by atoms with van der Waals surface area (Å²) in [6, 6.07) is 19.6. The Hall–Kier alpha value is -3.87. The quantitative estimate of drug-likeness (QED) is 0.640. The van der Waals surface area contributed by atoms with Gasteiger partial charge in [-0.15, -0.1) is 0 Å². The molecule has 4 amide bonds. The number of ether oxygens (including phenoxy) is 1. The molecule has 0 aromatic heterocycles. The Morgan fingerprint density at radius 2 is 1.73 bits per heavy atom. The predicted octanol–water partition coefficient (Wildman–Crippen LogP) is 3.25. The number of anilines is 1. The molecule has 0 radical (unpaired) electrons. The molecule has 1 heterocycles. The third kappa shape index (κ3) is 3.45. The topological polar surface area (TPSA) is 87.7 Å². The van der Waals surface area contributed by atoms with E-state index in [4.69, 9.17) is 4.74 Å². The molecule has 0 bridgehead atoms. The number of benzene rings is 3. The predicted molar refractivity (Wildman–Crippen MR) is 113 cm³/mol. The number of rotatable bonds is 5. The molecule has 3 aromatic carbocycles. The number of hydrogen-bond donors (Lipinski definition) is 2. The van der Waals surface area contributed by atoms with Gasteiger partial charge < -0.3 is 15.4 Å². The van der Waals surface area contributed by atoms with Crippen molar-refractivity contribution in [2.45, 2.75) is 12.5 Å². The highest BCUT2D eigenvalue weighted by Crippen LogP contribution is 2.30. The number of nitrogens with one attached hydrogen (secondary N) is 2. The summed E-state index contributed by atoms with van der Waals surface area (Å²) in [5.41, 5.74) is -0.0326. The SMILES string of the molecule is COc1ccc([C@@]2(C)NC(=O)N(CC(=O)Nc3ccc4ccccc4c3)C2=O)cc1. The van der Waals surface area contributed by atoms with E-state index >= 15 is 0 Å². The zero-order chi connectivity index (χ0) is 21.3. The van der Waals surface area contributed by atoms with Crippen LogP contribution in [0.2, 0.25) is 0 Å². The molecule has 4 rings (SSSR count). The van der Waals surface area contributed by atoms with Crippen LogP contribution in [0, 0.1) is 0 Å². The lowest BCUT2D eigenvalue weighted by Crippen LogP contribution is -2.42. The first-order valence-electron chi connectivity index (χ1n) is 9.48. The Morgan fingerprint density at radius 3 is 2.43 bits per heavy atom. The van der Waals surface area contributed by atoms with Gasteiger partial charge in [0.05, 0.1) is 7.11 Å². The van der Waals surface area contributed by atoms with Crippen LogP contribution in [0.5, 0.6) is 5.75 Å². The average molecular weight is 403 g/mol. The molecule has 1 aliphatic heterocycles. The van der Waals surface area contributed by atoms with E-state index < -0.39 is 23.4 Å². The molecule has 3 aromatic rings. The van der Waals surface area contributed by atoms with E-state index in [0.717, 1.165) is 15.7 Å². The van der Waals surface area contributed by atoms with Gasteiger partial charge in [-0.1, -0.05) is 42.5 Å². The van der Waals surface area contributed by atoms with Crippen molar-refractivity contribution in [1.29, 1.82) is 0 Å².